The molecule has 4 amide bonds. The number of ether oxygens (including phenoxy) is 4. The molecule has 4 aliphatic rings. The van der Waals surface area contributed by atoms with Crippen LogP contribution in [0.5, 0.6) is 5.75 Å². The number of benzene rings is 3. The van der Waals surface area contributed by atoms with Crippen molar-refractivity contribution in [2.75, 3.05) is 41.0 Å². The van der Waals surface area contributed by atoms with E-state index >= 15 is 0 Å². The number of H-pyrrole nitrogens is 1. The molecule has 5 heterocycles. The molecule has 0 saturated carbocycles. The molecular weight excluding hydrogens is 793 g/mol. The Labute approximate surface area is 361 Å². The zero-order valence-electron chi connectivity index (χ0n) is 36.6. The number of hydrogen-bond acceptors (Lipinski definition) is 11. The minimum atomic E-state index is -0.726. The first-order valence-corrected chi connectivity index (χ1v) is 21.8. The second-order valence-electron chi connectivity index (χ2n) is 17.4. The molecule has 4 N–H and O–H groups in total. The Bertz CT molecular complexity index is 2400. The average Bonchev–Trinajstić information content (AvgIpc) is 4.10. The van der Waals surface area contributed by atoms with Crippen LogP contribution in [0.25, 0.3) is 32.9 Å². The third kappa shape index (κ3) is 8.12. The molecule has 0 bridgehead atoms. The van der Waals surface area contributed by atoms with Gasteiger partial charge in [0.25, 0.3) is 0 Å². The number of alkyl carbamates (subject to hydrolysis) is 2. The zero-order chi connectivity index (χ0) is 43.8. The quantitative estimate of drug-likeness (QED) is 0.129. The molecule has 16 nitrogen and oxygen atoms in total. The maximum atomic E-state index is 14.0. The van der Waals surface area contributed by atoms with Crippen molar-refractivity contribution in [3.05, 3.63) is 59.4 Å². The van der Waals surface area contributed by atoms with Crippen LogP contribution >= 0.6 is 0 Å². The molecule has 1 aromatic heterocycles. The normalized spacial score (nSPS) is 22.7. The summed E-state index contributed by atoms with van der Waals surface area (Å²) in [6, 6.07) is 12.8. The van der Waals surface area contributed by atoms with Crippen LogP contribution in [0.15, 0.2) is 47.5 Å². The predicted molar refractivity (Wildman–Crippen MR) is 234 cm³/mol. The number of nitrogens with zero attached hydrogens (tertiary/aromatic N) is 4. The number of amidine groups is 1. The molecule has 4 aliphatic heterocycles. The minimum absolute atomic E-state index is 0.0260. The standard InChI is InChI=1S/C46H58N8O8/c1-8-9-34(50-45(57)60-6)43(55)53-21-26(22-59-5)16-37(53)41-47-20-35(49-41)28-11-13-30-29(17-28)23-62-38-19-31-27(18-32(30)38)12-14-33-40(31)51-42(48-33)36-15-10-25(4)54(36)44(56)39(24(2)3)52-46(58)61-7/h11-14,17-19,24-26,34-37,39H,8-10,15-16,20-23H2,1-7H3,(H,47,49)(H,48,51)(H,50,57)(H,52,58). The molecule has 0 radical (unpaired) electrons. The molecule has 8 rings (SSSR count). The van der Waals surface area contributed by atoms with E-state index in [1.165, 1.54) is 14.2 Å². The topological polar surface area (TPSA) is 189 Å². The second-order valence-corrected chi connectivity index (χ2v) is 17.4. The molecule has 330 valence electrons. The Kier molecular flexibility index (Phi) is 12.3. The van der Waals surface area contributed by atoms with E-state index < -0.39 is 24.3 Å². The predicted octanol–water partition coefficient (Wildman–Crippen LogP) is 6.14. The average molecular weight is 851 g/mol. The van der Waals surface area contributed by atoms with Gasteiger partial charge in [-0.2, -0.15) is 0 Å². The lowest BCUT2D eigenvalue weighted by molar-refractivity contribution is -0.137. The summed E-state index contributed by atoms with van der Waals surface area (Å²) in [5.74, 6) is 1.97. The summed E-state index contributed by atoms with van der Waals surface area (Å²) >= 11 is 0. The first-order chi connectivity index (χ1) is 29.9. The number of methoxy groups -OCH3 is 3. The van der Waals surface area contributed by atoms with E-state index in [1.54, 1.807) is 7.11 Å². The number of hydrogen-bond donors (Lipinski definition) is 4. The van der Waals surface area contributed by atoms with Gasteiger partial charge in [0.2, 0.25) is 11.8 Å². The van der Waals surface area contributed by atoms with Gasteiger partial charge in [0.15, 0.2) is 0 Å². The molecule has 2 saturated heterocycles. The van der Waals surface area contributed by atoms with Gasteiger partial charge >= 0.3 is 12.2 Å². The Morgan fingerprint density at radius 2 is 1.74 bits per heavy atom. The van der Waals surface area contributed by atoms with Crippen LogP contribution in [0.4, 0.5) is 9.59 Å². The lowest BCUT2D eigenvalue weighted by Gasteiger charge is -2.32. The lowest BCUT2D eigenvalue weighted by Crippen LogP contribution is -2.53. The maximum Gasteiger partial charge on any atom is 0.407 e. The van der Waals surface area contributed by atoms with E-state index in [2.05, 4.69) is 57.3 Å². The summed E-state index contributed by atoms with van der Waals surface area (Å²) in [4.78, 5) is 69.5. The van der Waals surface area contributed by atoms with Crippen LogP contribution in [0.3, 0.4) is 0 Å². The fourth-order valence-corrected chi connectivity index (χ4v) is 9.76. The molecule has 7 unspecified atom stereocenters. The highest BCUT2D eigenvalue weighted by Crippen LogP contribution is 2.43. The van der Waals surface area contributed by atoms with Gasteiger partial charge < -0.3 is 49.7 Å². The van der Waals surface area contributed by atoms with Crippen LogP contribution in [0.1, 0.15) is 88.8 Å². The molecule has 4 aromatic rings. The van der Waals surface area contributed by atoms with Crippen molar-refractivity contribution in [3.63, 3.8) is 0 Å². The number of carbonyl (C=O) groups excluding carboxylic acids is 4. The fraction of sp³-hybridized carbons (Fsp3) is 0.522. The number of aliphatic imine (C=N–C) groups is 1. The van der Waals surface area contributed by atoms with Crippen LogP contribution in [0, 0.1) is 11.8 Å². The third-order valence-corrected chi connectivity index (χ3v) is 12.9. The minimum Gasteiger partial charge on any atom is -0.488 e. The summed E-state index contributed by atoms with van der Waals surface area (Å²) in [7, 11) is 4.26. The van der Waals surface area contributed by atoms with Crippen LogP contribution in [-0.2, 0) is 30.4 Å². The highest BCUT2D eigenvalue weighted by atomic mass is 16.5. The van der Waals surface area contributed by atoms with Gasteiger partial charge in [-0.25, -0.2) is 14.6 Å². The van der Waals surface area contributed by atoms with Crippen LogP contribution in [-0.4, -0.2) is 115 Å². The first kappa shape index (κ1) is 42.8. The Morgan fingerprint density at radius 3 is 2.48 bits per heavy atom. The highest BCUT2D eigenvalue weighted by molar-refractivity contribution is 6.07. The van der Waals surface area contributed by atoms with Gasteiger partial charge in [-0.15, -0.1) is 0 Å². The third-order valence-electron chi connectivity index (χ3n) is 12.9. The second kappa shape index (κ2) is 17.8. The largest absolute Gasteiger partial charge is 0.488 e. The van der Waals surface area contributed by atoms with Crippen molar-refractivity contribution in [2.24, 2.45) is 16.8 Å². The van der Waals surface area contributed by atoms with E-state index in [-0.39, 0.29) is 47.8 Å². The molecule has 16 heteroatoms. The summed E-state index contributed by atoms with van der Waals surface area (Å²) in [6.07, 6.45) is 2.24. The molecular formula is C46H58N8O8. The molecule has 2 fully saturated rings. The molecule has 0 aliphatic carbocycles. The zero-order valence-corrected chi connectivity index (χ0v) is 36.6. The Hall–Kier alpha value is -5.90. The van der Waals surface area contributed by atoms with Gasteiger partial charge in [-0.3, -0.25) is 14.6 Å². The summed E-state index contributed by atoms with van der Waals surface area (Å²) in [5, 5.41) is 11.1. The van der Waals surface area contributed by atoms with Gasteiger partial charge in [0.05, 0.1) is 56.5 Å². The van der Waals surface area contributed by atoms with Crippen molar-refractivity contribution in [1.82, 2.24) is 35.7 Å². The number of aromatic nitrogens is 2. The number of nitrogens with one attached hydrogen (secondary N) is 4. The fourth-order valence-electron chi connectivity index (χ4n) is 9.76. The monoisotopic (exact) mass is 850 g/mol. The van der Waals surface area contributed by atoms with Gasteiger partial charge in [0.1, 0.15) is 36.1 Å². The van der Waals surface area contributed by atoms with E-state index in [0.717, 1.165) is 74.9 Å². The van der Waals surface area contributed by atoms with E-state index in [1.807, 2.05) is 43.6 Å². The van der Waals surface area contributed by atoms with Crippen molar-refractivity contribution < 1.29 is 38.1 Å². The van der Waals surface area contributed by atoms with Gasteiger partial charge in [-0.1, -0.05) is 45.4 Å². The number of fused-ring (bicyclic) bond motifs is 6. The molecule has 7 atom stereocenters. The van der Waals surface area contributed by atoms with Crippen molar-refractivity contribution >= 4 is 51.6 Å². The maximum absolute atomic E-state index is 14.0. The molecule has 62 heavy (non-hydrogen) atoms. The van der Waals surface area contributed by atoms with E-state index in [0.29, 0.717) is 45.0 Å². The summed E-state index contributed by atoms with van der Waals surface area (Å²) in [5.41, 5.74) is 5.94. The SMILES string of the molecule is CCCC(NC(=O)OC)C(=O)N1CC(COC)CC1C1=NCC(c2ccc3c(c2)COc2cc4c(ccc5[nH]c(C6CCC(C)N6C(=O)C(NC(=O)OC)C(C)C)nc54)cc2-3)N1. The number of aromatic amines is 1. The summed E-state index contributed by atoms with van der Waals surface area (Å²) in [6.45, 7) is 9.79. The number of likely N-dealkylation sites (tertiary alicyclic amines) is 2. The van der Waals surface area contributed by atoms with Crippen LogP contribution < -0.4 is 20.7 Å². The number of carbonyl (C=O) groups is 4. The number of rotatable bonds is 12. The van der Waals surface area contributed by atoms with Crippen LogP contribution in [0.2, 0.25) is 0 Å². The summed E-state index contributed by atoms with van der Waals surface area (Å²) < 4.78 is 21.6. The highest BCUT2D eigenvalue weighted by Gasteiger charge is 2.43. The van der Waals surface area contributed by atoms with Gasteiger partial charge in [-0.05, 0) is 84.9 Å². The number of imidazole rings is 1. The number of amides is 4. The van der Waals surface area contributed by atoms with Crippen molar-refractivity contribution in [1.29, 1.82) is 0 Å². The first-order valence-electron chi connectivity index (χ1n) is 21.8. The molecule has 3 aromatic carbocycles. The Morgan fingerprint density at radius 1 is 0.952 bits per heavy atom. The smallest absolute Gasteiger partial charge is 0.407 e. The van der Waals surface area contributed by atoms with Crippen molar-refractivity contribution in [2.45, 2.75) is 103 Å². The lowest BCUT2D eigenvalue weighted by atomic mass is 9.91. The Balaban J connectivity index is 1.01. The van der Waals surface area contributed by atoms with E-state index in [4.69, 9.17) is 28.9 Å². The molecule has 0 spiro atoms. The van der Waals surface area contributed by atoms with Gasteiger partial charge in [0, 0.05) is 36.6 Å². The van der Waals surface area contributed by atoms with E-state index in [9.17, 15) is 19.2 Å². The van der Waals surface area contributed by atoms with Crippen molar-refractivity contribution in [3.8, 4) is 16.9 Å².